The number of rotatable bonds is 2. The van der Waals surface area contributed by atoms with Gasteiger partial charge >= 0.3 is 0 Å². The molecule has 0 saturated carbocycles. The monoisotopic (exact) mass is 219 g/mol. The Morgan fingerprint density at radius 1 is 1.19 bits per heavy atom. The van der Waals surface area contributed by atoms with Crippen LogP contribution < -0.4 is 4.90 Å². The molecule has 0 radical (unpaired) electrons. The normalized spacial score (nSPS) is 15.8. The zero-order chi connectivity index (χ0) is 11.7. The third-order valence-corrected chi connectivity index (χ3v) is 3.22. The van der Waals surface area contributed by atoms with Crippen molar-refractivity contribution in [1.29, 1.82) is 0 Å². The summed E-state index contributed by atoms with van der Waals surface area (Å²) in [6.45, 7) is 9.99. The molecule has 0 aromatic carbocycles. The van der Waals surface area contributed by atoms with E-state index in [9.17, 15) is 0 Å². The average molecular weight is 219 g/mol. The van der Waals surface area contributed by atoms with E-state index in [1.165, 1.54) is 23.5 Å². The second-order valence-electron chi connectivity index (χ2n) is 5.11. The molecule has 16 heavy (non-hydrogen) atoms. The number of hydrogen-bond acceptors (Lipinski definition) is 3. The average Bonchev–Trinajstić information content (AvgIpc) is 2.27. The minimum Gasteiger partial charge on any atom is -0.354 e. The molecule has 0 unspecified atom stereocenters. The minimum absolute atomic E-state index is 0.490. The van der Waals surface area contributed by atoms with Gasteiger partial charge < -0.3 is 4.90 Å². The molecule has 3 nitrogen and oxygen atoms in total. The molecule has 88 valence electrons. The van der Waals surface area contributed by atoms with Gasteiger partial charge in [-0.2, -0.15) is 0 Å². The van der Waals surface area contributed by atoms with Gasteiger partial charge in [-0.3, -0.25) is 0 Å². The van der Waals surface area contributed by atoms with Gasteiger partial charge in [0.25, 0.3) is 0 Å². The second kappa shape index (κ2) is 4.40. The van der Waals surface area contributed by atoms with Crippen molar-refractivity contribution >= 4 is 5.82 Å². The molecule has 1 aliphatic heterocycles. The Labute approximate surface area is 97.9 Å². The van der Waals surface area contributed by atoms with E-state index >= 15 is 0 Å². The van der Waals surface area contributed by atoms with Crippen molar-refractivity contribution in [2.75, 3.05) is 11.4 Å². The van der Waals surface area contributed by atoms with E-state index in [2.05, 4.69) is 42.6 Å². The standard InChI is InChI=1S/C13H21N3/c1-9(2)12-11-6-5-7-16(10(3)4)13(11)15-8-14-12/h8-10H,5-7H2,1-4H3. The van der Waals surface area contributed by atoms with Crippen LogP contribution in [-0.4, -0.2) is 22.6 Å². The Balaban J connectivity index is 2.46. The van der Waals surface area contributed by atoms with Crippen LogP contribution in [0.4, 0.5) is 5.82 Å². The molecule has 0 aliphatic carbocycles. The molecule has 1 aromatic rings. The van der Waals surface area contributed by atoms with Gasteiger partial charge in [0.1, 0.15) is 12.1 Å². The maximum absolute atomic E-state index is 4.48. The van der Waals surface area contributed by atoms with Crippen LogP contribution in [0.15, 0.2) is 6.33 Å². The van der Waals surface area contributed by atoms with Crippen molar-refractivity contribution in [3.63, 3.8) is 0 Å². The van der Waals surface area contributed by atoms with Crippen LogP contribution in [0, 0.1) is 0 Å². The summed E-state index contributed by atoms with van der Waals surface area (Å²) in [4.78, 5) is 11.3. The van der Waals surface area contributed by atoms with Crippen LogP contribution in [0.1, 0.15) is 51.3 Å². The van der Waals surface area contributed by atoms with Gasteiger partial charge in [0, 0.05) is 18.2 Å². The lowest BCUT2D eigenvalue weighted by atomic mass is 9.97. The Hall–Kier alpha value is -1.12. The number of hydrogen-bond donors (Lipinski definition) is 0. The molecule has 3 heteroatoms. The van der Waals surface area contributed by atoms with Crippen molar-refractivity contribution in [2.24, 2.45) is 0 Å². The smallest absolute Gasteiger partial charge is 0.135 e. The van der Waals surface area contributed by atoms with Crippen LogP contribution in [-0.2, 0) is 6.42 Å². The molecule has 0 amide bonds. The van der Waals surface area contributed by atoms with Crippen molar-refractivity contribution in [2.45, 2.75) is 52.5 Å². The highest BCUT2D eigenvalue weighted by atomic mass is 15.2. The molecule has 0 bridgehead atoms. The molecule has 0 spiro atoms. The fourth-order valence-corrected chi connectivity index (χ4v) is 2.44. The fraction of sp³-hybridized carbons (Fsp3) is 0.692. The highest BCUT2D eigenvalue weighted by Crippen LogP contribution is 2.30. The lowest BCUT2D eigenvalue weighted by Gasteiger charge is -2.34. The molecule has 1 aromatic heterocycles. The fourth-order valence-electron chi connectivity index (χ4n) is 2.44. The first-order valence-corrected chi connectivity index (χ1v) is 6.21. The van der Waals surface area contributed by atoms with E-state index in [1.807, 2.05) is 0 Å². The first-order valence-electron chi connectivity index (χ1n) is 6.21. The zero-order valence-electron chi connectivity index (χ0n) is 10.7. The Kier molecular flexibility index (Phi) is 3.13. The van der Waals surface area contributed by atoms with Gasteiger partial charge in [0.2, 0.25) is 0 Å². The number of anilines is 1. The molecular weight excluding hydrogens is 198 g/mol. The molecule has 0 saturated heterocycles. The highest BCUT2D eigenvalue weighted by Gasteiger charge is 2.24. The summed E-state index contributed by atoms with van der Waals surface area (Å²) in [5.41, 5.74) is 2.60. The summed E-state index contributed by atoms with van der Waals surface area (Å²) < 4.78 is 0. The Bertz CT molecular complexity index is 371. The summed E-state index contributed by atoms with van der Waals surface area (Å²) in [7, 11) is 0. The lowest BCUT2D eigenvalue weighted by Crippen LogP contribution is -2.36. The molecule has 0 fully saturated rings. The van der Waals surface area contributed by atoms with E-state index in [4.69, 9.17) is 0 Å². The topological polar surface area (TPSA) is 29.0 Å². The second-order valence-corrected chi connectivity index (χ2v) is 5.11. The van der Waals surface area contributed by atoms with Crippen molar-refractivity contribution in [1.82, 2.24) is 9.97 Å². The molecule has 0 atom stereocenters. The molecule has 0 N–H and O–H groups in total. The predicted octanol–water partition coefficient (Wildman–Crippen LogP) is 2.76. The third-order valence-electron chi connectivity index (χ3n) is 3.22. The van der Waals surface area contributed by atoms with Gasteiger partial charge in [-0.25, -0.2) is 9.97 Å². The van der Waals surface area contributed by atoms with Gasteiger partial charge in [0.15, 0.2) is 0 Å². The third kappa shape index (κ3) is 1.91. The summed E-state index contributed by atoms with van der Waals surface area (Å²) in [6, 6.07) is 0.522. The van der Waals surface area contributed by atoms with Crippen LogP contribution in [0.3, 0.4) is 0 Å². The molecule has 2 heterocycles. The quantitative estimate of drug-likeness (QED) is 0.766. The van der Waals surface area contributed by atoms with Crippen LogP contribution in [0.5, 0.6) is 0 Å². The largest absolute Gasteiger partial charge is 0.354 e. The first-order chi connectivity index (χ1) is 7.61. The van der Waals surface area contributed by atoms with E-state index in [-0.39, 0.29) is 0 Å². The summed E-state index contributed by atoms with van der Waals surface area (Å²) in [5.74, 6) is 1.66. The number of fused-ring (bicyclic) bond motifs is 1. The molecule has 2 rings (SSSR count). The van der Waals surface area contributed by atoms with Gasteiger partial charge in [-0.05, 0) is 32.6 Å². The predicted molar refractivity (Wildman–Crippen MR) is 66.9 cm³/mol. The van der Waals surface area contributed by atoms with Gasteiger partial charge in [-0.15, -0.1) is 0 Å². The summed E-state index contributed by atoms with van der Waals surface area (Å²) in [6.07, 6.45) is 4.07. The van der Waals surface area contributed by atoms with Crippen molar-refractivity contribution in [3.05, 3.63) is 17.6 Å². The molecule has 1 aliphatic rings. The number of nitrogens with zero attached hydrogens (tertiary/aromatic N) is 3. The van der Waals surface area contributed by atoms with Crippen LogP contribution >= 0.6 is 0 Å². The SMILES string of the molecule is CC(C)c1ncnc2c1CCCN2C(C)C. The number of aromatic nitrogens is 2. The maximum Gasteiger partial charge on any atom is 0.135 e. The Morgan fingerprint density at radius 3 is 2.56 bits per heavy atom. The summed E-state index contributed by atoms with van der Waals surface area (Å²) in [5, 5.41) is 0. The van der Waals surface area contributed by atoms with Crippen LogP contribution in [0.25, 0.3) is 0 Å². The van der Waals surface area contributed by atoms with Crippen molar-refractivity contribution < 1.29 is 0 Å². The summed E-state index contributed by atoms with van der Waals surface area (Å²) >= 11 is 0. The zero-order valence-corrected chi connectivity index (χ0v) is 10.7. The van der Waals surface area contributed by atoms with Crippen LogP contribution in [0.2, 0.25) is 0 Å². The van der Waals surface area contributed by atoms with E-state index in [0.29, 0.717) is 12.0 Å². The minimum atomic E-state index is 0.490. The first kappa shape index (κ1) is 11.4. The molecular formula is C13H21N3. The van der Waals surface area contributed by atoms with Gasteiger partial charge in [-0.1, -0.05) is 13.8 Å². The lowest BCUT2D eigenvalue weighted by molar-refractivity contribution is 0.603. The van der Waals surface area contributed by atoms with Gasteiger partial charge in [0.05, 0.1) is 5.69 Å². The maximum atomic E-state index is 4.48. The highest BCUT2D eigenvalue weighted by molar-refractivity contribution is 5.52. The van der Waals surface area contributed by atoms with E-state index in [0.717, 1.165) is 13.0 Å². The van der Waals surface area contributed by atoms with E-state index in [1.54, 1.807) is 6.33 Å². The Morgan fingerprint density at radius 2 is 1.94 bits per heavy atom. The van der Waals surface area contributed by atoms with Crippen molar-refractivity contribution in [3.8, 4) is 0 Å². The van der Waals surface area contributed by atoms with E-state index < -0.39 is 0 Å².